The fourth-order valence-corrected chi connectivity index (χ4v) is 2.41. The van der Waals surface area contributed by atoms with E-state index in [2.05, 4.69) is 4.98 Å². The van der Waals surface area contributed by atoms with Gasteiger partial charge in [-0.3, -0.25) is 4.79 Å². The van der Waals surface area contributed by atoms with Gasteiger partial charge in [0.2, 0.25) is 0 Å². The van der Waals surface area contributed by atoms with Gasteiger partial charge in [-0.25, -0.2) is 4.98 Å². The second-order valence-corrected chi connectivity index (χ2v) is 4.56. The van der Waals surface area contributed by atoms with Crippen LogP contribution in [0.3, 0.4) is 0 Å². The molecule has 0 amide bonds. The van der Waals surface area contributed by atoms with Crippen LogP contribution < -0.4 is 5.73 Å². The van der Waals surface area contributed by atoms with E-state index in [1.165, 1.54) is 0 Å². The fraction of sp³-hybridized carbons (Fsp3) is 0.200. The number of carbonyl (C=O) groups is 1. The van der Waals surface area contributed by atoms with Gasteiger partial charge in [-0.15, -0.1) is 11.3 Å². The molecule has 3 nitrogen and oxygen atoms in total. The lowest BCUT2D eigenvalue weighted by atomic mass is 10.2. The lowest BCUT2D eigenvalue weighted by molar-refractivity contribution is 0.108. The van der Waals surface area contributed by atoms with Crippen LogP contribution in [0, 0.1) is 0 Å². The van der Waals surface area contributed by atoms with Gasteiger partial charge in [-0.05, 0) is 36.3 Å². The Balaban J connectivity index is 2.47. The summed E-state index contributed by atoms with van der Waals surface area (Å²) < 4.78 is 1.06. The average Bonchev–Trinajstić information content (AvgIpc) is 2.59. The minimum absolute atomic E-state index is 0.453. The molecule has 2 aromatic rings. The molecule has 0 saturated carbocycles. The molecule has 0 saturated heterocycles. The van der Waals surface area contributed by atoms with E-state index in [9.17, 15) is 4.79 Å². The zero-order valence-corrected chi connectivity index (χ0v) is 9.44. The molecule has 0 aliphatic carbocycles. The SMILES string of the molecule is NCCc1nc2cc(C(=O)Cl)ccc2s1. The van der Waals surface area contributed by atoms with E-state index in [1.807, 2.05) is 6.07 Å². The monoisotopic (exact) mass is 240 g/mol. The molecule has 0 fully saturated rings. The van der Waals surface area contributed by atoms with Crippen molar-refractivity contribution in [2.24, 2.45) is 5.73 Å². The van der Waals surface area contributed by atoms with Gasteiger partial charge in [-0.1, -0.05) is 0 Å². The van der Waals surface area contributed by atoms with Crippen molar-refractivity contribution in [2.75, 3.05) is 6.54 Å². The summed E-state index contributed by atoms with van der Waals surface area (Å²) >= 11 is 6.99. The Morgan fingerprint density at radius 3 is 3.00 bits per heavy atom. The van der Waals surface area contributed by atoms with E-state index < -0.39 is 5.24 Å². The van der Waals surface area contributed by atoms with Crippen molar-refractivity contribution in [2.45, 2.75) is 6.42 Å². The number of rotatable bonds is 3. The Labute approximate surface area is 95.9 Å². The molecule has 1 heterocycles. The summed E-state index contributed by atoms with van der Waals surface area (Å²) in [6, 6.07) is 5.28. The molecule has 2 N–H and O–H groups in total. The van der Waals surface area contributed by atoms with Crippen molar-refractivity contribution in [3.8, 4) is 0 Å². The molecular weight excluding hydrogens is 232 g/mol. The van der Waals surface area contributed by atoms with Crippen molar-refractivity contribution in [1.82, 2.24) is 4.98 Å². The molecule has 0 unspecified atom stereocenters. The quantitative estimate of drug-likeness (QED) is 0.837. The summed E-state index contributed by atoms with van der Waals surface area (Å²) in [5.74, 6) is 0. The third-order valence-electron chi connectivity index (χ3n) is 2.02. The number of nitrogens with two attached hydrogens (primary N) is 1. The van der Waals surface area contributed by atoms with E-state index in [1.54, 1.807) is 23.5 Å². The highest BCUT2D eigenvalue weighted by atomic mass is 35.5. The van der Waals surface area contributed by atoms with Crippen LogP contribution in [0.2, 0.25) is 0 Å². The molecule has 0 bridgehead atoms. The van der Waals surface area contributed by atoms with Crippen molar-refractivity contribution in [3.63, 3.8) is 0 Å². The van der Waals surface area contributed by atoms with Gasteiger partial charge in [-0.2, -0.15) is 0 Å². The standard InChI is InChI=1S/C10H9ClN2OS/c11-10(14)6-1-2-8-7(5-6)13-9(15-8)3-4-12/h1-2,5H,3-4,12H2. The van der Waals surface area contributed by atoms with Gasteiger partial charge in [0.05, 0.1) is 15.2 Å². The zero-order valence-electron chi connectivity index (χ0n) is 7.87. The summed E-state index contributed by atoms with van der Waals surface area (Å²) in [5, 5.41) is 0.539. The molecule has 1 aromatic heterocycles. The zero-order chi connectivity index (χ0) is 10.8. The fourth-order valence-electron chi connectivity index (χ4n) is 1.33. The summed E-state index contributed by atoms with van der Waals surface area (Å²) in [6.45, 7) is 0.584. The van der Waals surface area contributed by atoms with E-state index >= 15 is 0 Å². The van der Waals surface area contributed by atoms with Gasteiger partial charge < -0.3 is 5.73 Å². The van der Waals surface area contributed by atoms with Gasteiger partial charge in [0.15, 0.2) is 0 Å². The lowest BCUT2D eigenvalue weighted by Gasteiger charge is -1.91. The third-order valence-corrected chi connectivity index (χ3v) is 3.33. The number of carbonyl (C=O) groups excluding carboxylic acids is 1. The number of aromatic nitrogens is 1. The molecule has 2 rings (SSSR count). The van der Waals surface area contributed by atoms with Gasteiger partial charge >= 0.3 is 0 Å². The summed E-state index contributed by atoms with van der Waals surface area (Å²) in [7, 11) is 0. The Morgan fingerprint density at radius 1 is 1.53 bits per heavy atom. The van der Waals surface area contributed by atoms with Crippen LogP contribution in [0.15, 0.2) is 18.2 Å². The summed E-state index contributed by atoms with van der Waals surface area (Å²) in [5.41, 5.74) is 6.75. The highest BCUT2D eigenvalue weighted by Crippen LogP contribution is 2.23. The second-order valence-electron chi connectivity index (χ2n) is 3.10. The number of hydrogen-bond donors (Lipinski definition) is 1. The lowest BCUT2D eigenvalue weighted by Crippen LogP contribution is -2.01. The van der Waals surface area contributed by atoms with Gasteiger partial charge in [0.1, 0.15) is 0 Å². The van der Waals surface area contributed by atoms with Crippen LogP contribution in [-0.4, -0.2) is 16.8 Å². The van der Waals surface area contributed by atoms with Crippen LogP contribution in [0.1, 0.15) is 15.4 Å². The first kappa shape index (κ1) is 10.5. The predicted octanol–water partition coefficient (Wildman–Crippen LogP) is 2.18. The topological polar surface area (TPSA) is 56.0 Å². The average molecular weight is 241 g/mol. The normalized spacial score (nSPS) is 10.8. The number of fused-ring (bicyclic) bond motifs is 1. The highest BCUT2D eigenvalue weighted by Gasteiger charge is 2.07. The van der Waals surface area contributed by atoms with E-state index in [0.29, 0.717) is 12.1 Å². The predicted molar refractivity (Wildman–Crippen MR) is 62.6 cm³/mol. The Morgan fingerprint density at radius 2 is 2.33 bits per heavy atom. The third kappa shape index (κ3) is 2.17. The first-order chi connectivity index (χ1) is 7.20. The van der Waals surface area contributed by atoms with Gasteiger partial charge in [0, 0.05) is 12.0 Å². The van der Waals surface area contributed by atoms with E-state index in [4.69, 9.17) is 17.3 Å². The van der Waals surface area contributed by atoms with Crippen LogP contribution in [0.4, 0.5) is 0 Å². The number of thiazole rings is 1. The molecule has 15 heavy (non-hydrogen) atoms. The Bertz CT molecular complexity index is 509. The van der Waals surface area contributed by atoms with E-state index in [-0.39, 0.29) is 0 Å². The second kappa shape index (κ2) is 4.26. The van der Waals surface area contributed by atoms with Crippen molar-refractivity contribution < 1.29 is 4.79 Å². The van der Waals surface area contributed by atoms with Crippen molar-refractivity contribution in [1.29, 1.82) is 0 Å². The highest BCUT2D eigenvalue weighted by molar-refractivity contribution is 7.18. The first-order valence-corrected chi connectivity index (χ1v) is 5.69. The smallest absolute Gasteiger partial charge is 0.252 e. The molecule has 0 aliphatic rings. The van der Waals surface area contributed by atoms with Crippen LogP contribution in [0.25, 0.3) is 10.2 Å². The summed E-state index contributed by atoms with van der Waals surface area (Å²) in [4.78, 5) is 15.3. The van der Waals surface area contributed by atoms with Crippen LogP contribution in [0.5, 0.6) is 0 Å². The molecule has 0 aliphatic heterocycles. The summed E-state index contributed by atoms with van der Waals surface area (Å²) in [6.07, 6.45) is 0.767. The molecular formula is C10H9ClN2OS. The molecule has 0 radical (unpaired) electrons. The number of hydrogen-bond acceptors (Lipinski definition) is 4. The molecule has 0 spiro atoms. The maximum Gasteiger partial charge on any atom is 0.252 e. The molecule has 0 atom stereocenters. The van der Waals surface area contributed by atoms with Gasteiger partial charge in [0.25, 0.3) is 5.24 Å². The van der Waals surface area contributed by atoms with Crippen molar-refractivity contribution in [3.05, 3.63) is 28.8 Å². The largest absolute Gasteiger partial charge is 0.330 e. The molecule has 78 valence electrons. The van der Waals surface area contributed by atoms with E-state index in [0.717, 1.165) is 21.6 Å². The minimum Gasteiger partial charge on any atom is -0.330 e. The Kier molecular flexibility index (Phi) is 3.00. The first-order valence-electron chi connectivity index (χ1n) is 4.50. The maximum atomic E-state index is 10.9. The Hall–Kier alpha value is -0.970. The minimum atomic E-state index is -0.453. The van der Waals surface area contributed by atoms with Crippen LogP contribution >= 0.6 is 22.9 Å². The van der Waals surface area contributed by atoms with Crippen LogP contribution in [-0.2, 0) is 6.42 Å². The molecule has 1 aromatic carbocycles. The number of halogens is 1. The maximum absolute atomic E-state index is 10.9. The number of nitrogens with zero attached hydrogens (tertiary/aromatic N) is 1. The molecule has 5 heteroatoms. The number of benzene rings is 1. The van der Waals surface area contributed by atoms with Crippen molar-refractivity contribution >= 4 is 38.4 Å².